The molecule has 128 valence electrons. The molecule has 3 aromatic rings. The van der Waals surface area contributed by atoms with Crippen LogP contribution in [-0.2, 0) is 17.9 Å². The van der Waals surface area contributed by atoms with Crippen molar-refractivity contribution in [2.45, 2.75) is 20.1 Å². The van der Waals surface area contributed by atoms with Gasteiger partial charge in [0.1, 0.15) is 11.8 Å². The summed E-state index contributed by atoms with van der Waals surface area (Å²) in [5.74, 6) is 0.350. The lowest BCUT2D eigenvalue weighted by Gasteiger charge is -2.14. The molecule has 0 unspecified atom stereocenters. The molecule has 1 N–H and O–H groups in total. The molecule has 0 aliphatic carbocycles. The van der Waals surface area contributed by atoms with Gasteiger partial charge in [-0.1, -0.05) is 18.2 Å². The zero-order valence-electron chi connectivity index (χ0n) is 14.2. The van der Waals surface area contributed by atoms with Gasteiger partial charge in [0.15, 0.2) is 6.79 Å². The molecular formula is C19H19N3O3. The second-order valence-electron chi connectivity index (χ2n) is 5.51. The number of methoxy groups -OCH3 is 1. The van der Waals surface area contributed by atoms with Gasteiger partial charge in [0.25, 0.3) is 0 Å². The second kappa shape index (κ2) is 7.34. The Hall–Kier alpha value is -2.88. The molecular weight excluding hydrogens is 318 g/mol. The van der Waals surface area contributed by atoms with E-state index in [0.29, 0.717) is 23.4 Å². The molecule has 0 bridgehead atoms. The minimum absolute atomic E-state index is 0.0108. The van der Waals surface area contributed by atoms with Gasteiger partial charge in [-0.2, -0.15) is 10.4 Å². The molecule has 0 spiro atoms. The number of nitriles is 1. The fourth-order valence-electron chi connectivity index (χ4n) is 2.93. The van der Waals surface area contributed by atoms with Gasteiger partial charge in [-0.25, -0.2) is 0 Å². The molecule has 6 nitrogen and oxygen atoms in total. The summed E-state index contributed by atoms with van der Waals surface area (Å²) in [6.45, 7) is 2.49. The largest absolute Gasteiger partial charge is 0.466 e. The first kappa shape index (κ1) is 17.0. The average molecular weight is 337 g/mol. The van der Waals surface area contributed by atoms with Crippen LogP contribution in [0.2, 0.25) is 0 Å². The first-order valence-corrected chi connectivity index (χ1v) is 7.99. The quantitative estimate of drug-likeness (QED) is 0.699. The van der Waals surface area contributed by atoms with Crippen molar-refractivity contribution >= 4 is 10.9 Å². The molecule has 1 aromatic heterocycles. The predicted molar refractivity (Wildman–Crippen MR) is 94.0 cm³/mol. The number of hydrogen-bond acceptors (Lipinski definition) is 5. The van der Waals surface area contributed by atoms with Crippen molar-refractivity contribution < 1.29 is 14.6 Å². The number of hydrogen-bond donors (Lipinski definition) is 1. The van der Waals surface area contributed by atoms with Gasteiger partial charge in [0.2, 0.25) is 0 Å². The Morgan fingerprint density at radius 1 is 1.28 bits per heavy atom. The van der Waals surface area contributed by atoms with Gasteiger partial charge in [-0.05, 0) is 25.1 Å². The zero-order valence-corrected chi connectivity index (χ0v) is 14.2. The number of aliphatic hydroxyl groups is 1. The van der Waals surface area contributed by atoms with E-state index in [1.165, 1.54) is 7.11 Å². The van der Waals surface area contributed by atoms with E-state index in [2.05, 4.69) is 11.2 Å². The SMILES string of the molecule is CCn1nc2ccccc2c1-c1cc(C#N)c(OCOC)c(CO)c1. The van der Waals surface area contributed by atoms with Crippen molar-refractivity contribution in [2.75, 3.05) is 13.9 Å². The normalized spacial score (nSPS) is 10.8. The number of nitrogens with zero attached hydrogens (tertiary/aromatic N) is 3. The standard InChI is InChI=1S/C19H19N3O3/c1-3-22-18(16-6-4-5-7-17(16)21-22)13-8-14(10-20)19(25-12-24-2)15(9-13)11-23/h4-9,23H,3,11-12H2,1-2H3. The third-order valence-corrected chi connectivity index (χ3v) is 4.00. The van der Waals surface area contributed by atoms with Crippen molar-refractivity contribution in [3.63, 3.8) is 0 Å². The smallest absolute Gasteiger partial charge is 0.188 e. The number of ether oxygens (including phenoxy) is 2. The molecule has 0 saturated carbocycles. The van der Waals surface area contributed by atoms with E-state index < -0.39 is 0 Å². The fourth-order valence-corrected chi connectivity index (χ4v) is 2.93. The highest BCUT2D eigenvalue weighted by Crippen LogP contribution is 2.34. The number of aliphatic hydroxyl groups excluding tert-OH is 1. The van der Waals surface area contributed by atoms with Gasteiger partial charge in [0.05, 0.1) is 23.4 Å². The Morgan fingerprint density at radius 3 is 2.76 bits per heavy atom. The lowest BCUT2D eigenvalue weighted by atomic mass is 10.0. The first-order valence-electron chi connectivity index (χ1n) is 7.99. The minimum Gasteiger partial charge on any atom is -0.466 e. The van der Waals surface area contributed by atoms with Crippen LogP contribution in [0, 0.1) is 11.3 Å². The molecule has 0 aliphatic rings. The molecule has 0 atom stereocenters. The van der Waals surface area contributed by atoms with E-state index in [0.717, 1.165) is 22.2 Å². The van der Waals surface area contributed by atoms with Crippen molar-refractivity contribution in [3.05, 3.63) is 47.5 Å². The van der Waals surface area contributed by atoms with Crippen LogP contribution >= 0.6 is 0 Å². The van der Waals surface area contributed by atoms with Crippen LogP contribution in [-0.4, -0.2) is 28.8 Å². The number of benzene rings is 2. The Kier molecular flexibility index (Phi) is 4.98. The van der Waals surface area contributed by atoms with Gasteiger partial charge >= 0.3 is 0 Å². The van der Waals surface area contributed by atoms with E-state index >= 15 is 0 Å². The van der Waals surface area contributed by atoms with Crippen LogP contribution in [0.1, 0.15) is 18.1 Å². The summed E-state index contributed by atoms with van der Waals surface area (Å²) in [4.78, 5) is 0. The van der Waals surface area contributed by atoms with E-state index in [4.69, 9.17) is 9.47 Å². The van der Waals surface area contributed by atoms with Gasteiger partial charge in [-0.15, -0.1) is 0 Å². The summed E-state index contributed by atoms with van der Waals surface area (Å²) in [5, 5.41) is 24.9. The fraction of sp³-hybridized carbons (Fsp3) is 0.263. The van der Waals surface area contributed by atoms with Crippen LogP contribution in [0.15, 0.2) is 36.4 Å². The first-order chi connectivity index (χ1) is 12.2. The summed E-state index contributed by atoms with van der Waals surface area (Å²) in [6, 6.07) is 13.6. The maximum atomic E-state index is 9.75. The Labute approximate surface area is 145 Å². The topological polar surface area (TPSA) is 80.3 Å². The van der Waals surface area contributed by atoms with Crippen molar-refractivity contribution in [2.24, 2.45) is 0 Å². The summed E-state index contributed by atoms with van der Waals surface area (Å²) in [7, 11) is 1.50. The summed E-state index contributed by atoms with van der Waals surface area (Å²) < 4.78 is 12.3. The van der Waals surface area contributed by atoms with Crippen LogP contribution in [0.3, 0.4) is 0 Å². The van der Waals surface area contributed by atoms with Crippen molar-refractivity contribution in [1.29, 1.82) is 5.26 Å². The molecule has 0 saturated heterocycles. The highest BCUT2D eigenvalue weighted by Gasteiger charge is 2.17. The summed E-state index contributed by atoms with van der Waals surface area (Å²) in [6.07, 6.45) is 0. The number of fused-ring (bicyclic) bond motifs is 1. The maximum Gasteiger partial charge on any atom is 0.188 e. The predicted octanol–water partition coefficient (Wildman–Crippen LogP) is 3.07. The Balaban J connectivity index is 2.23. The van der Waals surface area contributed by atoms with Gasteiger partial charge in [-0.3, -0.25) is 4.68 Å². The highest BCUT2D eigenvalue weighted by molar-refractivity contribution is 5.93. The van der Waals surface area contributed by atoms with E-state index in [9.17, 15) is 10.4 Å². The molecule has 3 rings (SSSR count). The minimum atomic E-state index is -0.236. The van der Waals surface area contributed by atoms with E-state index in [1.807, 2.05) is 41.9 Å². The third-order valence-electron chi connectivity index (χ3n) is 4.00. The molecule has 0 aliphatic heterocycles. The molecule has 0 fully saturated rings. The Morgan fingerprint density at radius 2 is 2.08 bits per heavy atom. The average Bonchev–Trinajstić information content (AvgIpc) is 3.04. The van der Waals surface area contributed by atoms with Crippen LogP contribution in [0.4, 0.5) is 0 Å². The molecule has 6 heteroatoms. The van der Waals surface area contributed by atoms with Crippen LogP contribution in [0.25, 0.3) is 22.2 Å². The zero-order chi connectivity index (χ0) is 17.8. The van der Waals surface area contributed by atoms with E-state index in [1.54, 1.807) is 6.07 Å². The van der Waals surface area contributed by atoms with E-state index in [-0.39, 0.29) is 13.4 Å². The van der Waals surface area contributed by atoms with Crippen LogP contribution < -0.4 is 4.74 Å². The molecule has 25 heavy (non-hydrogen) atoms. The molecule has 1 heterocycles. The maximum absolute atomic E-state index is 9.75. The van der Waals surface area contributed by atoms with Crippen molar-refractivity contribution in [1.82, 2.24) is 9.78 Å². The molecule has 2 aromatic carbocycles. The third kappa shape index (κ3) is 3.07. The highest BCUT2D eigenvalue weighted by atomic mass is 16.7. The second-order valence-corrected chi connectivity index (χ2v) is 5.51. The summed E-state index contributed by atoms with van der Waals surface area (Å²) >= 11 is 0. The van der Waals surface area contributed by atoms with Crippen LogP contribution in [0.5, 0.6) is 5.75 Å². The van der Waals surface area contributed by atoms with Gasteiger partial charge < -0.3 is 14.6 Å². The number of aryl methyl sites for hydroxylation is 1. The monoisotopic (exact) mass is 337 g/mol. The van der Waals surface area contributed by atoms with Gasteiger partial charge in [0, 0.05) is 30.2 Å². The number of aromatic nitrogens is 2. The number of rotatable bonds is 6. The molecule has 0 amide bonds. The molecule has 0 radical (unpaired) electrons. The van der Waals surface area contributed by atoms with Crippen molar-refractivity contribution in [3.8, 4) is 23.1 Å². The lowest BCUT2D eigenvalue weighted by molar-refractivity contribution is 0.0493. The summed E-state index contributed by atoms with van der Waals surface area (Å²) in [5.41, 5.74) is 3.53. The lowest BCUT2D eigenvalue weighted by Crippen LogP contribution is -2.05. The Bertz CT molecular complexity index is 941.